The number of aryl methyl sites for hydroxylation is 3. The first-order chi connectivity index (χ1) is 12.5. The second-order valence-corrected chi connectivity index (χ2v) is 6.54. The number of benzene rings is 1. The number of anilines is 1. The van der Waals surface area contributed by atoms with E-state index >= 15 is 0 Å². The van der Waals surface area contributed by atoms with Crippen molar-refractivity contribution in [3.63, 3.8) is 0 Å². The van der Waals surface area contributed by atoms with E-state index in [1.54, 1.807) is 4.90 Å². The molecule has 0 unspecified atom stereocenters. The third-order valence-corrected chi connectivity index (χ3v) is 4.62. The van der Waals surface area contributed by atoms with Gasteiger partial charge in [0.05, 0.1) is 5.52 Å². The molecule has 1 amide bonds. The predicted octanol–water partition coefficient (Wildman–Crippen LogP) is 2.51. The molecular formula is C20H19N5O. The van der Waals surface area contributed by atoms with E-state index in [-0.39, 0.29) is 5.91 Å². The van der Waals surface area contributed by atoms with Gasteiger partial charge in [-0.3, -0.25) is 9.69 Å². The highest BCUT2D eigenvalue weighted by molar-refractivity contribution is 5.94. The van der Waals surface area contributed by atoms with Crippen LogP contribution in [-0.4, -0.2) is 32.0 Å². The normalized spacial score (nSPS) is 14.0. The minimum atomic E-state index is 0.117. The van der Waals surface area contributed by atoms with Gasteiger partial charge in [-0.25, -0.2) is 15.0 Å². The van der Waals surface area contributed by atoms with E-state index < -0.39 is 0 Å². The molecule has 1 aromatic carbocycles. The van der Waals surface area contributed by atoms with Gasteiger partial charge in [0.2, 0.25) is 11.7 Å². The summed E-state index contributed by atoms with van der Waals surface area (Å²) in [5.74, 6) is 7.90. The summed E-state index contributed by atoms with van der Waals surface area (Å²) in [4.78, 5) is 27.2. The lowest BCUT2D eigenvalue weighted by Crippen LogP contribution is -2.23. The molecule has 0 spiro atoms. The molecule has 4 rings (SSSR count). The van der Waals surface area contributed by atoms with Crippen LogP contribution in [0.25, 0.3) is 10.9 Å². The van der Waals surface area contributed by atoms with E-state index in [1.165, 1.54) is 0 Å². The van der Waals surface area contributed by atoms with Crippen molar-refractivity contribution in [2.75, 3.05) is 11.4 Å². The minimum absolute atomic E-state index is 0.117. The summed E-state index contributed by atoms with van der Waals surface area (Å²) in [7, 11) is 1.87. The van der Waals surface area contributed by atoms with Gasteiger partial charge in [-0.15, -0.1) is 0 Å². The molecule has 0 N–H and O–H groups in total. The largest absolute Gasteiger partial charge is 0.325 e. The van der Waals surface area contributed by atoms with Gasteiger partial charge in [-0.2, -0.15) is 0 Å². The summed E-state index contributed by atoms with van der Waals surface area (Å²) < 4.78 is 1.83. The maximum atomic E-state index is 11.9. The molecule has 0 aliphatic carbocycles. The number of aromatic nitrogens is 4. The van der Waals surface area contributed by atoms with Gasteiger partial charge < -0.3 is 4.57 Å². The average Bonchev–Trinajstić information content (AvgIpc) is 3.19. The molecule has 0 bridgehead atoms. The Bertz CT molecular complexity index is 1090. The second-order valence-electron chi connectivity index (χ2n) is 6.54. The fourth-order valence-corrected chi connectivity index (χ4v) is 3.20. The molecule has 0 radical (unpaired) electrons. The van der Waals surface area contributed by atoms with Crippen LogP contribution in [0.15, 0.2) is 24.4 Å². The topological polar surface area (TPSA) is 63.9 Å². The summed E-state index contributed by atoms with van der Waals surface area (Å²) in [6, 6.07) is 6.06. The van der Waals surface area contributed by atoms with Gasteiger partial charge in [0.25, 0.3) is 0 Å². The molecule has 130 valence electrons. The Labute approximate surface area is 151 Å². The van der Waals surface area contributed by atoms with Crippen molar-refractivity contribution in [1.29, 1.82) is 0 Å². The zero-order chi connectivity index (χ0) is 18.3. The van der Waals surface area contributed by atoms with E-state index in [1.807, 2.05) is 49.9 Å². The summed E-state index contributed by atoms with van der Waals surface area (Å²) in [5, 5.41) is 1.04. The van der Waals surface area contributed by atoms with E-state index in [0.717, 1.165) is 35.1 Å². The number of fused-ring (bicyclic) bond motifs is 1. The Morgan fingerprint density at radius 1 is 1.12 bits per heavy atom. The van der Waals surface area contributed by atoms with Crippen LogP contribution in [-0.2, 0) is 11.8 Å². The standard InChI is InChI=1S/C20H19N5O/c1-13-6-4-7-15-14(2)21-16(22-20(13)15)9-10-17-23-18(12-24(17)3)25-11-5-8-19(25)26/h4,6-7,12H,5,8,11H2,1-3H3. The van der Waals surface area contributed by atoms with Crippen LogP contribution < -0.4 is 4.90 Å². The Hall–Kier alpha value is -3.20. The Morgan fingerprint density at radius 2 is 1.96 bits per heavy atom. The van der Waals surface area contributed by atoms with Crippen LogP contribution in [0.4, 0.5) is 5.82 Å². The molecule has 1 aliphatic heterocycles. The molecule has 3 aromatic rings. The Kier molecular flexibility index (Phi) is 3.92. The molecule has 1 aliphatic rings. The first kappa shape index (κ1) is 16.3. The number of carbonyl (C=O) groups excluding carboxylic acids is 1. The lowest BCUT2D eigenvalue weighted by Gasteiger charge is -2.10. The van der Waals surface area contributed by atoms with Gasteiger partial charge >= 0.3 is 0 Å². The van der Waals surface area contributed by atoms with Gasteiger partial charge in [-0.05, 0) is 37.7 Å². The number of nitrogens with zero attached hydrogens (tertiary/aromatic N) is 5. The molecule has 0 saturated carbocycles. The summed E-state index contributed by atoms with van der Waals surface area (Å²) in [5.41, 5.74) is 2.93. The van der Waals surface area contributed by atoms with Crippen molar-refractivity contribution >= 4 is 22.6 Å². The number of amides is 1. The zero-order valence-corrected chi connectivity index (χ0v) is 15.1. The van der Waals surface area contributed by atoms with Crippen LogP contribution >= 0.6 is 0 Å². The average molecular weight is 345 g/mol. The lowest BCUT2D eigenvalue weighted by molar-refractivity contribution is -0.117. The van der Waals surface area contributed by atoms with Gasteiger partial charge in [-0.1, -0.05) is 18.2 Å². The fourth-order valence-electron chi connectivity index (χ4n) is 3.20. The van der Waals surface area contributed by atoms with E-state index in [2.05, 4.69) is 26.8 Å². The van der Waals surface area contributed by atoms with Crippen LogP contribution in [0.1, 0.15) is 35.7 Å². The van der Waals surface area contributed by atoms with Crippen molar-refractivity contribution in [2.24, 2.45) is 7.05 Å². The molecule has 2 aromatic heterocycles. The fraction of sp³-hybridized carbons (Fsp3) is 0.300. The van der Waals surface area contributed by atoms with E-state index in [0.29, 0.717) is 23.9 Å². The number of carbonyl (C=O) groups is 1. The molecule has 26 heavy (non-hydrogen) atoms. The SMILES string of the molecule is Cc1nc(C#Cc2nc(N3CCCC3=O)cn2C)nc2c(C)cccc12. The summed E-state index contributed by atoms with van der Waals surface area (Å²) in [6.45, 7) is 4.71. The smallest absolute Gasteiger partial charge is 0.228 e. The van der Waals surface area contributed by atoms with Crippen molar-refractivity contribution < 1.29 is 4.79 Å². The predicted molar refractivity (Wildman–Crippen MR) is 99.8 cm³/mol. The van der Waals surface area contributed by atoms with E-state index in [9.17, 15) is 4.79 Å². The molecule has 0 atom stereocenters. The number of imidazole rings is 1. The zero-order valence-electron chi connectivity index (χ0n) is 15.1. The first-order valence-corrected chi connectivity index (χ1v) is 8.62. The summed E-state index contributed by atoms with van der Waals surface area (Å²) >= 11 is 0. The Morgan fingerprint density at radius 3 is 2.73 bits per heavy atom. The summed E-state index contributed by atoms with van der Waals surface area (Å²) in [6.07, 6.45) is 3.30. The molecule has 6 heteroatoms. The highest BCUT2D eigenvalue weighted by Gasteiger charge is 2.24. The Balaban J connectivity index is 1.70. The highest BCUT2D eigenvalue weighted by atomic mass is 16.2. The number of hydrogen-bond donors (Lipinski definition) is 0. The lowest BCUT2D eigenvalue weighted by atomic mass is 10.1. The third kappa shape index (κ3) is 2.82. The van der Waals surface area contributed by atoms with E-state index in [4.69, 9.17) is 0 Å². The molecule has 1 saturated heterocycles. The van der Waals surface area contributed by atoms with Crippen molar-refractivity contribution in [2.45, 2.75) is 26.7 Å². The third-order valence-electron chi connectivity index (χ3n) is 4.62. The van der Waals surface area contributed by atoms with Crippen LogP contribution in [0.2, 0.25) is 0 Å². The number of hydrogen-bond acceptors (Lipinski definition) is 4. The maximum absolute atomic E-state index is 11.9. The minimum Gasteiger partial charge on any atom is -0.325 e. The van der Waals surface area contributed by atoms with Crippen molar-refractivity contribution in [3.05, 3.63) is 47.3 Å². The van der Waals surface area contributed by atoms with Gasteiger partial charge in [0, 0.05) is 37.3 Å². The van der Waals surface area contributed by atoms with Crippen LogP contribution in [0, 0.1) is 25.7 Å². The monoisotopic (exact) mass is 345 g/mol. The maximum Gasteiger partial charge on any atom is 0.228 e. The first-order valence-electron chi connectivity index (χ1n) is 8.62. The number of para-hydroxylation sites is 1. The molecule has 6 nitrogen and oxygen atoms in total. The van der Waals surface area contributed by atoms with Gasteiger partial charge in [0.1, 0.15) is 0 Å². The second kappa shape index (κ2) is 6.26. The quantitative estimate of drug-likeness (QED) is 0.636. The highest BCUT2D eigenvalue weighted by Crippen LogP contribution is 2.20. The number of rotatable bonds is 1. The van der Waals surface area contributed by atoms with Gasteiger partial charge in [0.15, 0.2) is 11.6 Å². The molecule has 1 fully saturated rings. The van der Waals surface area contributed by atoms with Crippen LogP contribution in [0.5, 0.6) is 0 Å². The van der Waals surface area contributed by atoms with Crippen molar-refractivity contribution in [3.8, 4) is 11.8 Å². The van der Waals surface area contributed by atoms with Crippen molar-refractivity contribution in [1.82, 2.24) is 19.5 Å². The van der Waals surface area contributed by atoms with Crippen LogP contribution in [0.3, 0.4) is 0 Å². The molecular weight excluding hydrogens is 326 g/mol. The molecule has 3 heterocycles.